The van der Waals surface area contributed by atoms with Gasteiger partial charge in [0.05, 0.1) is 12.7 Å². The molecule has 5 nitrogen and oxygen atoms in total. The van der Waals surface area contributed by atoms with Crippen LogP contribution in [0.1, 0.15) is 11.8 Å². The Kier molecular flexibility index (Phi) is 5.34. The maximum atomic E-state index is 12.7. The Bertz CT molecular complexity index is 528. The summed E-state index contributed by atoms with van der Waals surface area (Å²) < 4.78 is 33.8. The highest BCUT2D eigenvalue weighted by molar-refractivity contribution is 7.86. The molecule has 1 atom stereocenters. The molecular weight excluding hydrogens is 296 g/mol. The van der Waals surface area contributed by atoms with Gasteiger partial charge in [-0.15, -0.1) is 17.9 Å². The molecule has 7 heteroatoms. The second kappa shape index (κ2) is 6.82. The first-order chi connectivity index (χ1) is 9.54. The first-order valence-electron chi connectivity index (χ1n) is 6.54. The third-order valence-electron chi connectivity index (χ3n) is 3.10. The van der Waals surface area contributed by atoms with Crippen LogP contribution in [0, 0.1) is 0 Å². The predicted octanol–water partition coefficient (Wildman–Crippen LogP) is 1.70. The van der Waals surface area contributed by atoms with Crippen LogP contribution < -0.4 is 0 Å². The normalized spacial score (nSPS) is 21.2. The zero-order valence-electron chi connectivity index (χ0n) is 11.6. The van der Waals surface area contributed by atoms with Crippen molar-refractivity contribution < 1.29 is 13.2 Å². The molecule has 1 saturated heterocycles. The topological polar surface area (TPSA) is 49.9 Å². The second-order valence-electron chi connectivity index (χ2n) is 4.71. The van der Waals surface area contributed by atoms with Crippen LogP contribution in [0.2, 0.25) is 0 Å². The number of morpholine rings is 1. The van der Waals surface area contributed by atoms with Crippen LogP contribution >= 0.6 is 11.3 Å². The lowest BCUT2D eigenvalue weighted by Gasteiger charge is -2.34. The van der Waals surface area contributed by atoms with Gasteiger partial charge in [-0.3, -0.25) is 0 Å². The van der Waals surface area contributed by atoms with Gasteiger partial charge in [-0.25, -0.2) is 0 Å². The molecule has 1 aliphatic rings. The van der Waals surface area contributed by atoms with E-state index in [-0.39, 0.29) is 6.10 Å². The molecule has 1 aromatic rings. The molecule has 0 spiro atoms. The van der Waals surface area contributed by atoms with Crippen LogP contribution in [-0.2, 0) is 21.5 Å². The van der Waals surface area contributed by atoms with Crippen molar-refractivity contribution in [2.24, 2.45) is 0 Å². The summed E-state index contributed by atoms with van der Waals surface area (Å²) in [5.74, 6) is 0. The third kappa shape index (κ3) is 3.67. The van der Waals surface area contributed by atoms with Gasteiger partial charge in [-0.2, -0.15) is 17.0 Å². The summed E-state index contributed by atoms with van der Waals surface area (Å²) in [5, 5.41) is 1.95. The fraction of sp³-hybridized carbons (Fsp3) is 0.538. The summed E-state index contributed by atoms with van der Waals surface area (Å²) in [6, 6.07) is 3.87. The summed E-state index contributed by atoms with van der Waals surface area (Å²) in [4.78, 5) is 1.02. The van der Waals surface area contributed by atoms with E-state index in [1.807, 2.05) is 24.4 Å². The SMILES string of the molecule is C=CCN(Cc1cccs1)S(=O)(=O)N1CCO[C@@H](C)C1. The van der Waals surface area contributed by atoms with E-state index in [4.69, 9.17) is 4.74 Å². The summed E-state index contributed by atoms with van der Waals surface area (Å²) in [5.41, 5.74) is 0. The minimum atomic E-state index is -3.47. The summed E-state index contributed by atoms with van der Waals surface area (Å²) >= 11 is 1.56. The summed E-state index contributed by atoms with van der Waals surface area (Å²) in [7, 11) is -3.47. The third-order valence-corrected chi connectivity index (χ3v) is 5.88. The molecule has 1 fully saturated rings. The number of hydrogen-bond acceptors (Lipinski definition) is 4. The highest BCUT2D eigenvalue weighted by atomic mass is 32.2. The number of thiophene rings is 1. The fourth-order valence-electron chi connectivity index (χ4n) is 2.12. The van der Waals surface area contributed by atoms with Gasteiger partial charge in [0, 0.05) is 31.1 Å². The van der Waals surface area contributed by atoms with Gasteiger partial charge < -0.3 is 4.74 Å². The van der Waals surface area contributed by atoms with Crippen molar-refractivity contribution in [3.8, 4) is 0 Å². The van der Waals surface area contributed by atoms with Crippen LogP contribution in [0.5, 0.6) is 0 Å². The number of hydrogen-bond donors (Lipinski definition) is 0. The van der Waals surface area contributed by atoms with E-state index >= 15 is 0 Å². The monoisotopic (exact) mass is 316 g/mol. The Hall–Kier alpha value is -0.730. The molecule has 0 bridgehead atoms. The van der Waals surface area contributed by atoms with Crippen LogP contribution in [0.15, 0.2) is 30.2 Å². The van der Waals surface area contributed by atoms with Crippen LogP contribution in [0.3, 0.4) is 0 Å². The number of rotatable bonds is 6. The molecular formula is C13H20N2O3S2. The lowest BCUT2D eigenvalue weighted by Crippen LogP contribution is -2.50. The van der Waals surface area contributed by atoms with Gasteiger partial charge in [0.15, 0.2) is 0 Å². The molecule has 112 valence electrons. The van der Waals surface area contributed by atoms with Crippen molar-refractivity contribution in [1.82, 2.24) is 8.61 Å². The largest absolute Gasteiger partial charge is 0.376 e. The Morgan fingerprint density at radius 1 is 1.65 bits per heavy atom. The Morgan fingerprint density at radius 2 is 2.45 bits per heavy atom. The van der Waals surface area contributed by atoms with Crippen molar-refractivity contribution in [3.05, 3.63) is 35.0 Å². The maximum Gasteiger partial charge on any atom is 0.282 e. The minimum absolute atomic E-state index is 0.0640. The standard InChI is InChI=1S/C13H20N2O3S2/c1-3-6-14(11-13-5-4-9-19-13)20(16,17)15-7-8-18-12(2)10-15/h3-5,9,12H,1,6-8,10-11H2,2H3/t12-/m0/s1. The lowest BCUT2D eigenvalue weighted by molar-refractivity contribution is 0.00831. The average Bonchev–Trinajstić information content (AvgIpc) is 2.91. The van der Waals surface area contributed by atoms with Crippen LogP contribution in [-0.4, -0.2) is 49.4 Å². The maximum absolute atomic E-state index is 12.7. The van der Waals surface area contributed by atoms with E-state index < -0.39 is 10.2 Å². The summed E-state index contributed by atoms with van der Waals surface area (Å²) in [6.07, 6.45) is 1.56. The van der Waals surface area contributed by atoms with Crippen molar-refractivity contribution >= 4 is 21.5 Å². The zero-order chi connectivity index (χ0) is 14.6. The molecule has 2 heterocycles. The molecule has 2 rings (SSSR count). The van der Waals surface area contributed by atoms with Gasteiger partial charge in [-0.05, 0) is 18.4 Å². The number of ether oxygens (including phenoxy) is 1. The van der Waals surface area contributed by atoms with Crippen molar-refractivity contribution in [2.75, 3.05) is 26.2 Å². The highest BCUT2D eigenvalue weighted by Gasteiger charge is 2.32. The smallest absolute Gasteiger partial charge is 0.282 e. The van der Waals surface area contributed by atoms with Gasteiger partial charge in [0.25, 0.3) is 10.2 Å². The number of nitrogens with zero attached hydrogens (tertiary/aromatic N) is 2. The molecule has 1 aromatic heterocycles. The fourth-order valence-corrected chi connectivity index (χ4v) is 4.55. The first kappa shape index (κ1) is 15.7. The molecule has 0 radical (unpaired) electrons. The summed E-state index contributed by atoms with van der Waals surface area (Å²) in [6.45, 7) is 7.50. The van der Waals surface area contributed by atoms with Gasteiger partial charge in [0.1, 0.15) is 0 Å². The zero-order valence-corrected chi connectivity index (χ0v) is 13.2. The molecule has 0 amide bonds. The van der Waals surface area contributed by atoms with E-state index in [1.54, 1.807) is 17.4 Å². The van der Waals surface area contributed by atoms with Crippen molar-refractivity contribution in [3.63, 3.8) is 0 Å². The minimum Gasteiger partial charge on any atom is -0.376 e. The van der Waals surface area contributed by atoms with Gasteiger partial charge in [0.2, 0.25) is 0 Å². The predicted molar refractivity (Wildman–Crippen MR) is 80.8 cm³/mol. The Balaban J connectivity index is 2.15. The molecule has 0 aliphatic carbocycles. The molecule has 0 aromatic carbocycles. The van der Waals surface area contributed by atoms with Gasteiger partial charge >= 0.3 is 0 Å². The van der Waals surface area contributed by atoms with Crippen molar-refractivity contribution in [2.45, 2.75) is 19.6 Å². The van der Waals surface area contributed by atoms with Crippen LogP contribution in [0.25, 0.3) is 0 Å². The van der Waals surface area contributed by atoms with E-state index in [0.717, 1.165) is 4.88 Å². The van der Waals surface area contributed by atoms with E-state index in [2.05, 4.69) is 6.58 Å². The molecule has 0 N–H and O–H groups in total. The molecule has 0 saturated carbocycles. The van der Waals surface area contributed by atoms with Crippen molar-refractivity contribution in [1.29, 1.82) is 0 Å². The highest BCUT2D eigenvalue weighted by Crippen LogP contribution is 2.19. The average molecular weight is 316 g/mol. The van der Waals surface area contributed by atoms with Crippen LogP contribution in [0.4, 0.5) is 0 Å². The van der Waals surface area contributed by atoms with E-state index in [9.17, 15) is 8.42 Å². The van der Waals surface area contributed by atoms with E-state index in [1.165, 1.54) is 8.61 Å². The lowest BCUT2D eigenvalue weighted by atomic mass is 10.3. The Labute approximate surface area is 124 Å². The molecule has 20 heavy (non-hydrogen) atoms. The molecule has 1 aliphatic heterocycles. The Morgan fingerprint density at radius 3 is 3.05 bits per heavy atom. The van der Waals surface area contributed by atoms with E-state index in [0.29, 0.717) is 32.8 Å². The van der Waals surface area contributed by atoms with Gasteiger partial charge in [-0.1, -0.05) is 12.1 Å². The second-order valence-corrected chi connectivity index (χ2v) is 7.67. The quantitative estimate of drug-likeness (QED) is 0.751. The molecule has 0 unspecified atom stereocenters. The first-order valence-corrected chi connectivity index (χ1v) is 8.82.